The van der Waals surface area contributed by atoms with Gasteiger partial charge in [0.1, 0.15) is 0 Å². The van der Waals surface area contributed by atoms with Crippen molar-refractivity contribution < 1.29 is 21.7 Å². The summed E-state index contributed by atoms with van der Waals surface area (Å²) in [5.74, 6) is 0.688. The van der Waals surface area contributed by atoms with E-state index in [-0.39, 0.29) is 17.1 Å². The van der Waals surface area contributed by atoms with E-state index in [0.717, 1.165) is 44.8 Å². The maximum absolute atomic E-state index is 4.85. The summed E-state index contributed by atoms with van der Waals surface area (Å²) in [5, 5.41) is 0. The van der Waals surface area contributed by atoms with Gasteiger partial charge in [-0.1, -0.05) is 18.2 Å². The fourth-order valence-corrected chi connectivity index (χ4v) is 3.44. The van der Waals surface area contributed by atoms with E-state index in [1.165, 1.54) is 0 Å². The predicted octanol–water partition coefficient (Wildman–Crippen LogP) is 5.80. The Bertz CT molecular complexity index is 1380. The van der Waals surface area contributed by atoms with Gasteiger partial charge < -0.3 is 14.6 Å². The minimum absolute atomic E-state index is 0. The molecule has 5 nitrogen and oxygen atoms in total. The molecule has 33 heavy (non-hydrogen) atoms. The standard InChI is InChI=1S/C20H14N4.C6H5BO.Mn/c1-2-14-10-16-5-6-18(23-16)12-20-8-7-19(24-20)11-17-4-3-15(22-17)9-13(1)21-14;7-8-6-4-2-1-3-5-6;/h1-12,21-22H;1-5H;. The van der Waals surface area contributed by atoms with Crippen LogP contribution in [0.2, 0.25) is 0 Å². The summed E-state index contributed by atoms with van der Waals surface area (Å²) in [4.78, 5) is 16.0. The Morgan fingerprint density at radius 1 is 0.545 bits per heavy atom. The Hall–Kier alpha value is -3.80. The number of nitrogens with one attached hydrogen (secondary N) is 2. The van der Waals surface area contributed by atoms with Crippen LogP contribution in [0.15, 0.2) is 78.9 Å². The van der Waals surface area contributed by atoms with Gasteiger partial charge in [0, 0.05) is 39.1 Å². The van der Waals surface area contributed by atoms with Crippen molar-refractivity contribution in [3.63, 3.8) is 0 Å². The van der Waals surface area contributed by atoms with Crippen LogP contribution in [0.1, 0.15) is 22.8 Å². The molecular weight excluding hydrogens is 450 g/mol. The number of aromatic amines is 2. The van der Waals surface area contributed by atoms with Crippen molar-refractivity contribution in [1.29, 1.82) is 0 Å². The fourth-order valence-electron chi connectivity index (χ4n) is 3.44. The van der Waals surface area contributed by atoms with Gasteiger partial charge in [-0.15, -0.1) is 0 Å². The molecule has 0 spiro atoms. The van der Waals surface area contributed by atoms with E-state index >= 15 is 0 Å². The molecule has 2 N–H and O–H groups in total. The molecule has 3 aromatic heterocycles. The van der Waals surface area contributed by atoms with Crippen LogP contribution in [-0.2, 0) is 17.1 Å². The zero-order valence-corrected chi connectivity index (χ0v) is 18.8. The van der Waals surface area contributed by atoms with Crippen molar-refractivity contribution in [1.82, 2.24) is 19.9 Å². The molecule has 2 aliphatic heterocycles. The third-order valence-electron chi connectivity index (χ3n) is 4.92. The minimum Gasteiger partial charge on any atom is -0.568 e. The Morgan fingerprint density at radius 2 is 0.970 bits per heavy atom. The fraction of sp³-hybridized carbons (Fsp3) is 0. The zero-order chi connectivity index (χ0) is 21.8. The average Bonchev–Trinajstić information content (AvgIpc) is 3.61. The van der Waals surface area contributed by atoms with Crippen LogP contribution in [-0.4, -0.2) is 28.0 Å². The maximum Gasteiger partial charge on any atom is 0.374 e. The van der Waals surface area contributed by atoms with Gasteiger partial charge in [0.15, 0.2) is 0 Å². The maximum atomic E-state index is 4.85. The van der Waals surface area contributed by atoms with E-state index in [4.69, 9.17) is 8.05 Å². The molecular formula is C26H19BMnN4O. The summed E-state index contributed by atoms with van der Waals surface area (Å²) in [6.07, 6.45) is 8.05. The van der Waals surface area contributed by atoms with Gasteiger partial charge in [-0.3, -0.25) is 0 Å². The normalized spacial score (nSPS) is 11.3. The van der Waals surface area contributed by atoms with Crippen molar-refractivity contribution >= 4 is 54.4 Å². The smallest absolute Gasteiger partial charge is 0.374 e. The predicted molar refractivity (Wildman–Crippen MR) is 132 cm³/mol. The molecule has 2 aliphatic rings. The second kappa shape index (κ2) is 10.2. The first-order valence-corrected chi connectivity index (χ1v) is 10.2. The van der Waals surface area contributed by atoms with Gasteiger partial charge in [-0.25, -0.2) is 9.97 Å². The van der Waals surface area contributed by atoms with Crippen LogP contribution in [0.4, 0.5) is 0 Å². The molecule has 4 aromatic rings. The van der Waals surface area contributed by atoms with Crippen LogP contribution >= 0.6 is 0 Å². The molecule has 8 bridgehead atoms. The van der Waals surface area contributed by atoms with Gasteiger partial charge in [-0.05, 0) is 85.0 Å². The van der Waals surface area contributed by atoms with Gasteiger partial charge in [0.05, 0.1) is 28.5 Å². The van der Waals surface area contributed by atoms with Gasteiger partial charge in [0.2, 0.25) is 0 Å². The van der Waals surface area contributed by atoms with Crippen molar-refractivity contribution in [2.75, 3.05) is 0 Å². The number of fused-ring (bicyclic) bond motifs is 8. The summed E-state index contributed by atoms with van der Waals surface area (Å²) in [6, 6.07) is 25.6. The number of hydrogen-bond donors (Lipinski definition) is 2. The van der Waals surface area contributed by atoms with E-state index in [1.807, 2.05) is 60.7 Å². The summed E-state index contributed by atoms with van der Waals surface area (Å²) in [6.45, 7) is 0. The van der Waals surface area contributed by atoms with E-state index in [1.54, 1.807) is 12.1 Å². The Balaban J connectivity index is 0.000000247. The molecule has 0 atom stereocenters. The number of H-pyrrole nitrogens is 2. The molecule has 0 saturated heterocycles. The SMILES string of the molecule is C1=Cc2cc3ccc(cc4ccc(cc5nc(cc1n2)C=C5)[nH]4)[nH]3.[B]Oc1ccccc1.[Mn]. The minimum atomic E-state index is 0. The number of benzene rings is 1. The van der Waals surface area contributed by atoms with E-state index in [0.29, 0.717) is 5.75 Å². The van der Waals surface area contributed by atoms with Crippen molar-refractivity contribution in [3.8, 4) is 5.75 Å². The number of nitrogens with zero attached hydrogens (tertiary/aromatic N) is 2. The van der Waals surface area contributed by atoms with Crippen molar-refractivity contribution in [3.05, 3.63) is 102 Å². The van der Waals surface area contributed by atoms with Crippen LogP contribution < -0.4 is 4.65 Å². The molecule has 6 rings (SSSR count). The van der Waals surface area contributed by atoms with Crippen LogP contribution in [0.5, 0.6) is 5.75 Å². The first-order valence-electron chi connectivity index (χ1n) is 10.2. The van der Waals surface area contributed by atoms with Crippen molar-refractivity contribution in [2.24, 2.45) is 0 Å². The van der Waals surface area contributed by atoms with Gasteiger partial charge >= 0.3 is 8.05 Å². The van der Waals surface area contributed by atoms with Crippen LogP contribution in [0.25, 0.3) is 46.4 Å². The molecule has 159 valence electrons. The monoisotopic (exact) mass is 469 g/mol. The average molecular weight is 469 g/mol. The molecule has 0 unspecified atom stereocenters. The second-order valence-corrected chi connectivity index (χ2v) is 7.34. The van der Waals surface area contributed by atoms with E-state index < -0.39 is 0 Å². The Morgan fingerprint density at radius 3 is 1.39 bits per heavy atom. The summed E-state index contributed by atoms with van der Waals surface area (Å²) in [7, 11) is 4.85. The summed E-state index contributed by atoms with van der Waals surface area (Å²) < 4.78 is 4.41. The van der Waals surface area contributed by atoms with Gasteiger partial charge in [0.25, 0.3) is 0 Å². The molecule has 0 fully saturated rings. The number of para-hydroxylation sites is 1. The van der Waals surface area contributed by atoms with E-state index in [9.17, 15) is 0 Å². The Kier molecular flexibility index (Phi) is 6.93. The first-order chi connectivity index (χ1) is 15.7. The quantitative estimate of drug-likeness (QED) is 0.299. The summed E-state index contributed by atoms with van der Waals surface area (Å²) in [5.41, 5.74) is 7.86. The molecule has 5 heterocycles. The third-order valence-corrected chi connectivity index (χ3v) is 4.92. The molecule has 0 amide bonds. The summed E-state index contributed by atoms with van der Waals surface area (Å²) >= 11 is 0. The molecule has 1 aromatic carbocycles. The van der Waals surface area contributed by atoms with Crippen LogP contribution in [0, 0.1) is 0 Å². The zero-order valence-electron chi connectivity index (χ0n) is 17.6. The van der Waals surface area contributed by atoms with Crippen molar-refractivity contribution in [2.45, 2.75) is 0 Å². The number of hydrogen-bond acceptors (Lipinski definition) is 3. The number of aromatic nitrogens is 4. The number of rotatable bonds is 1. The second-order valence-electron chi connectivity index (χ2n) is 7.34. The van der Waals surface area contributed by atoms with E-state index in [2.05, 4.69) is 54.9 Å². The Labute approximate surface area is 203 Å². The largest absolute Gasteiger partial charge is 0.568 e. The molecule has 0 aliphatic carbocycles. The molecule has 0 saturated carbocycles. The third kappa shape index (κ3) is 5.72. The van der Waals surface area contributed by atoms with Crippen LogP contribution in [0.3, 0.4) is 0 Å². The molecule has 7 heteroatoms. The first kappa shape index (κ1) is 22.4. The molecule has 3 radical (unpaired) electrons. The van der Waals surface area contributed by atoms with Gasteiger partial charge in [-0.2, -0.15) is 0 Å². The topological polar surface area (TPSA) is 66.6 Å².